The molecular formula is C17H27NO2S. The molecule has 3 rings (SSSR count). The standard InChI is InChI=1S/C17H27NO2S/c1-13(2)4-8-18-9-6-17(7-10-18)14-5-11-21-15(14)12-16(19-3)20-17/h5,11,13,16H,4,6-10,12H2,1-3H3. The molecule has 1 atom stereocenters. The maximum absolute atomic E-state index is 6.38. The van der Waals surface area contributed by atoms with Crippen LogP contribution in [-0.4, -0.2) is 37.9 Å². The minimum absolute atomic E-state index is 0.0710. The summed E-state index contributed by atoms with van der Waals surface area (Å²) < 4.78 is 11.9. The molecule has 1 fully saturated rings. The van der Waals surface area contributed by atoms with Crippen molar-refractivity contribution in [1.29, 1.82) is 0 Å². The van der Waals surface area contributed by atoms with E-state index < -0.39 is 0 Å². The zero-order valence-corrected chi connectivity index (χ0v) is 14.2. The third-order valence-electron chi connectivity index (χ3n) is 4.89. The number of thiophene rings is 1. The summed E-state index contributed by atoms with van der Waals surface area (Å²) in [7, 11) is 1.76. The lowest BCUT2D eigenvalue weighted by Gasteiger charge is -2.46. The van der Waals surface area contributed by atoms with Crippen LogP contribution in [0.2, 0.25) is 0 Å². The van der Waals surface area contributed by atoms with Crippen molar-refractivity contribution in [2.75, 3.05) is 26.7 Å². The van der Waals surface area contributed by atoms with E-state index in [1.165, 1.54) is 23.4 Å². The van der Waals surface area contributed by atoms with E-state index in [9.17, 15) is 0 Å². The zero-order valence-electron chi connectivity index (χ0n) is 13.4. The number of fused-ring (bicyclic) bond motifs is 2. The van der Waals surface area contributed by atoms with Crippen molar-refractivity contribution in [3.05, 3.63) is 21.9 Å². The fourth-order valence-electron chi connectivity index (χ4n) is 3.51. The molecule has 0 saturated carbocycles. The molecule has 21 heavy (non-hydrogen) atoms. The second kappa shape index (κ2) is 6.37. The molecule has 0 aliphatic carbocycles. The lowest BCUT2D eigenvalue weighted by molar-refractivity contribution is -0.226. The van der Waals surface area contributed by atoms with E-state index in [0.717, 1.165) is 38.3 Å². The third-order valence-corrected chi connectivity index (χ3v) is 5.84. The molecule has 0 N–H and O–H groups in total. The van der Waals surface area contributed by atoms with Crippen LogP contribution >= 0.6 is 11.3 Å². The van der Waals surface area contributed by atoms with Gasteiger partial charge in [-0.3, -0.25) is 0 Å². The summed E-state index contributed by atoms with van der Waals surface area (Å²) in [5, 5.41) is 2.21. The molecule has 2 aliphatic heterocycles. The van der Waals surface area contributed by atoms with Crippen molar-refractivity contribution in [3.8, 4) is 0 Å². The van der Waals surface area contributed by atoms with Crippen LogP contribution in [0.4, 0.5) is 0 Å². The van der Waals surface area contributed by atoms with E-state index >= 15 is 0 Å². The predicted octanol–water partition coefficient (Wildman–Crippen LogP) is 3.63. The number of hydrogen-bond donors (Lipinski definition) is 0. The number of likely N-dealkylation sites (tertiary alicyclic amines) is 1. The largest absolute Gasteiger partial charge is 0.355 e. The van der Waals surface area contributed by atoms with Gasteiger partial charge in [-0.25, -0.2) is 0 Å². The highest BCUT2D eigenvalue weighted by molar-refractivity contribution is 7.10. The van der Waals surface area contributed by atoms with Crippen molar-refractivity contribution in [1.82, 2.24) is 4.90 Å². The van der Waals surface area contributed by atoms with Crippen LogP contribution in [0, 0.1) is 5.92 Å². The summed E-state index contributed by atoms with van der Waals surface area (Å²) in [6, 6.07) is 2.27. The molecule has 2 aliphatic rings. The van der Waals surface area contributed by atoms with Gasteiger partial charge < -0.3 is 14.4 Å². The van der Waals surface area contributed by atoms with Crippen molar-refractivity contribution >= 4 is 11.3 Å². The maximum Gasteiger partial charge on any atom is 0.163 e. The second-order valence-electron chi connectivity index (χ2n) is 6.76. The van der Waals surface area contributed by atoms with Gasteiger partial charge in [-0.2, -0.15) is 0 Å². The molecule has 1 saturated heterocycles. The van der Waals surface area contributed by atoms with Gasteiger partial charge >= 0.3 is 0 Å². The summed E-state index contributed by atoms with van der Waals surface area (Å²) in [6.07, 6.45) is 4.31. The van der Waals surface area contributed by atoms with Crippen molar-refractivity contribution in [2.45, 2.75) is 51.4 Å². The summed E-state index contributed by atoms with van der Waals surface area (Å²) in [5.74, 6) is 0.785. The molecule has 1 spiro atoms. The molecule has 0 aromatic carbocycles. The molecule has 1 aromatic rings. The highest BCUT2D eigenvalue weighted by Gasteiger charge is 2.44. The number of piperidine rings is 1. The number of hydrogen-bond acceptors (Lipinski definition) is 4. The summed E-state index contributed by atoms with van der Waals surface area (Å²) in [4.78, 5) is 4.06. The fraction of sp³-hybridized carbons (Fsp3) is 0.765. The molecule has 118 valence electrons. The van der Waals surface area contributed by atoms with Gasteiger partial charge in [0.15, 0.2) is 6.29 Å². The average Bonchev–Trinajstić information content (AvgIpc) is 2.96. The third kappa shape index (κ3) is 3.19. The van der Waals surface area contributed by atoms with Gasteiger partial charge in [-0.1, -0.05) is 13.8 Å². The van der Waals surface area contributed by atoms with Crippen LogP contribution in [0.5, 0.6) is 0 Å². The Balaban J connectivity index is 1.69. The van der Waals surface area contributed by atoms with E-state index in [-0.39, 0.29) is 11.9 Å². The lowest BCUT2D eigenvalue weighted by Crippen LogP contribution is -2.49. The Kier molecular flexibility index (Phi) is 4.69. The Bertz CT molecular complexity index is 463. The topological polar surface area (TPSA) is 21.7 Å². The molecule has 0 bridgehead atoms. The summed E-state index contributed by atoms with van der Waals surface area (Å²) >= 11 is 1.85. The lowest BCUT2D eigenvalue weighted by atomic mass is 9.82. The first-order chi connectivity index (χ1) is 10.1. The van der Waals surface area contributed by atoms with E-state index in [2.05, 4.69) is 30.2 Å². The summed E-state index contributed by atoms with van der Waals surface area (Å²) in [5.41, 5.74) is 1.34. The van der Waals surface area contributed by atoms with Crippen molar-refractivity contribution in [2.24, 2.45) is 5.92 Å². The number of nitrogens with zero attached hydrogens (tertiary/aromatic N) is 1. The van der Waals surface area contributed by atoms with Crippen LogP contribution in [0.1, 0.15) is 43.6 Å². The maximum atomic E-state index is 6.38. The van der Waals surface area contributed by atoms with Crippen LogP contribution in [0.3, 0.4) is 0 Å². The van der Waals surface area contributed by atoms with Crippen LogP contribution in [0.25, 0.3) is 0 Å². The Morgan fingerprint density at radius 2 is 2.19 bits per heavy atom. The van der Waals surface area contributed by atoms with E-state index in [1.807, 2.05) is 11.3 Å². The summed E-state index contributed by atoms with van der Waals surface area (Å²) in [6.45, 7) is 8.10. The molecular weight excluding hydrogens is 282 g/mol. The van der Waals surface area contributed by atoms with Crippen LogP contribution < -0.4 is 0 Å². The van der Waals surface area contributed by atoms with Crippen LogP contribution in [-0.2, 0) is 21.5 Å². The first kappa shape index (κ1) is 15.5. The Morgan fingerprint density at radius 3 is 2.86 bits per heavy atom. The minimum Gasteiger partial charge on any atom is -0.355 e. The monoisotopic (exact) mass is 309 g/mol. The Labute approximate surface area is 132 Å². The Hall–Kier alpha value is -0.420. The first-order valence-corrected chi connectivity index (χ1v) is 9.01. The minimum atomic E-state index is -0.0947. The van der Waals surface area contributed by atoms with Crippen LogP contribution in [0.15, 0.2) is 11.4 Å². The van der Waals surface area contributed by atoms with E-state index in [4.69, 9.17) is 9.47 Å². The van der Waals surface area contributed by atoms with Gasteiger partial charge in [0.05, 0.1) is 5.60 Å². The molecule has 3 nitrogen and oxygen atoms in total. The van der Waals surface area contributed by atoms with E-state index in [1.54, 1.807) is 7.11 Å². The smallest absolute Gasteiger partial charge is 0.163 e. The molecule has 4 heteroatoms. The number of rotatable bonds is 4. The molecule has 3 heterocycles. The highest BCUT2D eigenvalue weighted by atomic mass is 32.1. The fourth-order valence-corrected chi connectivity index (χ4v) is 4.49. The molecule has 1 aromatic heterocycles. The number of ether oxygens (including phenoxy) is 2. The molecule has 0 amide bonds. The quantitative estimate of drug-likeness (QED) is 0.848. The molecule has 0 radical (unpaired) electrons. The number of methoxy groups -OCH3 is 1. The van der Waals surface area contributed by atoms with Crippen molar-refractivity contribution < 1.29 is 9.47 Å². The SMILES string of the molecule is COC1Cc2sccc2C2(CCN(CCC(C)C)CC2)O1. The molecule has 1 unspecified atom stereocenters. The zero-order chi connectivity index (χ0) is 14.9. The van der Waals surface area contributed by atoms with Gasteiger partial charge in [-0.15, -0.1) is 11.3 Å². The average molecular weight is 309 g/mol. The Morgan fingerprint density at radius 1 is 1.43 bits per heavy atom. The van der Waals surface area contributed by atoms with Gasteiger partial charge in [0, 0.05) is 31.5 Å². The normalized spacial score (nSPS) is 25.4. The predicted molar refractivity (Wildman–Crippen MR) is 86.7 cm³/mol. The van der Waals surface area contributed by atoms with Gasteiger partial charge in [-0.05, 0) is 48.7 Å². The van der Waals surface area contributed by atoms with Crippen molar-refractivity contribution in [3.63, 3.8) is 0 Å². The van der Waals surface area contributed by atoms with Gasteiger partial charge in [0.25, 0.3) is 0 Å². The second-order valence-corrected chi connectivity index (χ2v) is 7.76. The van der Waals surface area contributed by atoms with Gasteiger partial charge in [0.1, 0.15) is 0 Å². The van der Waals surface area contributed by atoms with E-state index in [0.29, 0.717) is 0 Å². The first-order valence-electron chi connectivity index (χ1n) is 8.13. The highest BCUT2D eigenvalue weighted by Crippen LogP contribution is 2.45. The van der Waals surface area contributed by atoms with Gasteiger partial charge in [0.2, 0.25) is 0 Å².